The molecule has 1 aliphatic heterocycles. The number of benzene rings is 2. The van der Waals surface area contributed by atoms with Gasteiger partial charge in [-0.1, -0.05) is 39.7 Å². The number of imide groups is 1. The lowest BCUT2D eigenvalue weighted by Gasteiger charge is -2.19. The molecule has 5 rings (SSSR count). The quantitative estimate of drug-likeness (QED) is 0.378. The van der Waals surface area contributed by atoms with Crippen molar-refractivity contribution in [2.24, 2.45) is 23.7 Å². The molecule has 1 heterocycles. The lowest BCUT2D eigenvalue weighted by molar-refractivity contribution is -0.123. The molecule has 0 unspecified atom stereocenters. The summed E-state index contributed by atoms with van der Waals surface area (Å²) >= 11 is 3.37. The fraction of sp³-hybridized carbons (Fsp3) is 0.292. The summed E-state index contributed by atoms with van der Waals surface area (Å²) in [6.07, 6.45) is 3.07. The zero-order chi connectivity index (χ0) is 21.0. The first-order chi connectivity index (χ1) is 14.4. The molecule has 30 heavy (non-hydrogen) atoms. The van der Waals surface area contributed by atoms with Gasteiger partial charge >= 0.3 is 5.97 Å². The minimum Gasteiger partial charge on any atom is -0.457 e. The summed E-state index contributed by atoms with van der Waals surface area (Å²) in [4.78, 5) is 39.6. The van der Waals surface area contributed by atoms with Crippen molar-refractivity contribution in [3.05, 3.63) is 75.8 Å². The zero-order valence-electron chi connectivity index (χ0n) is 16.4. The van der Waals surface area contributed by atoms with Gasteiger partial charge in [-0.05, 0) is 67.1 Å². The van der Waals surface area contributed by atoms with E-state index in [1.54, 1.807) is 24.3 Å². The van der Waals surface area contributed by atoms with Crippen LogP contribution >= 0.6 is 15.9 Å². The van der Waals surface area contributed by atoms with E-state index in [0.717, 1.165) is 16.5 Å². The third kappa shape index (κ3) is 3.01. The number of rotatable bonds is 4. The predicted octanol–water partition coefficient (Wildman–Crippen LogP) is 4.51. The maximum Gasteiger partial charge on any atom is 0.338 e. The Morgan fingerprint density at radius 1 is 1.03 bits per heavy atom. The molecule has 152 valence electrons. The SMILES string of the molecule is CC1=C[C@@H]2C[C@@H]1[C@@H]1C(=O)N(c3ccc(C(=O)OCc4ccc(Br)cc4)cc3)C(=O)[C@H]12. The van der Waals surface area contributed by atoms with Crippen molar-refractivity contribution in [1.29, 1.82) is 0 Å². The minimum absolute atomic E-state index is 0.115. The highest BCUT2D eigenvalue weighted by molar-refractivity contribution is 9.10. The van der Waals surface area contributed by atoms with Crippen molar-refractivity contribution in [3.8, 4) is 0 Å². The van der Waals surface area contributed by atoms with Crippen molar-refractivity contribution in [2.45, 2.75) is 20.0 Å². The number of hydrogen-bond donors (Lipinski definition) is 0. The molecular formula is C24H20BrNO4. The summed E-state index contributed by atoms with van der Waals surface area (Å²) in [7, 11) is 0. The number of hydrogen-bond acceptors (Lipinski definition) is 4. The summed E-state index contributed by atoms with van der Waals surface area (Å²) in [6, 6.07) is 14.0. The van der Waals surface area contributed by atoms with Crippen LogP contribution in [0.3, 0.4) is 0 Å². The second-order valence-electron chi connectivity index (χ2n) is 8.23. The number of anilines is 1. The van der Waals surface area contributed by atoms with E-state index in [4.69, 9.17) is 4.74 Å². The molecule has 1 saturated heterocycles. The lowest BCUT2D eigenvalue weighted by Crippen LogP contribution is -2.32. The van der Waals surface area contributed by atoms with Gasteiger partial charge in [0.05, 0.1) is 23.1 Å². The molecule has 2 bridgehead atoms. The molecule has 0 radical (unpaired) electrons. The first-order valence-electron chi connectivity index (χ1n) is 10.0. The van der Waals surface area contributed by atoms with E-state index in [9.17, 15) is 14.4 Å². The Labute approximate surface area is 182 Å². The first kappa shape index (κ1) is 19.2. The van der Waals surface area contributed by atoms with Crippen molar-refractivity contribution in [3.63, 3.8) is 0 Å². The monoisotopic (exact) mass is 465 g/mol. The van der Waals surface area contributed by atoms with Crippen LogP contribution in [0.1, 0.15) is 29.3 Å². The highest BCUT2D eigenvalue weighted by Gasteiger charge is 2.60. The molecule has 2 aliphatic carbocycles. The van der Waals surface area contributed by atoms with E-state index < -0.39 is 5.97 Å². The van der Waals surface area contributed by atoms with Gasteiger partial charge in [-0.2, -0.15) is 0 Å². The average Bonchev–Trinajstić information content (AvgIpc) is 3.38. The molecule has 0 aromatic heterocycles. The van der Waals surface area contributed by atoms with E-state index in [-0.39, 0.29) is 42.1 Å². The summed E-state index contributed by atoms with van der Waals surface area (Å²) in [6.45, 7) is 2.23. The van der Waals surface area contributed by atoms with Gasteiger partial charge in [0.2, 0.25) is 11.8 Å². The Morgan fingerprint density at radius 2 is 1.70 bits per heavy atom. The number of carbonyl (C=O) groups is 3. The van der Waals surface area contributed by atoms with E-state index in [2.05, 4.69) is 28.9 Å². The molecule has 2 fully saturated rings. The van der Waals surface area contributed by atoms with Crippen LogP contribution in [0.25, 0.3) is 0 Å². The molecule has 2 amide bonds. The molecule has 0 N–H and O–H groups in total. The fourth-order valence-electron chi connectivity index (χ4n) is 5.09. The van der Waals surface area contributed by atoms with Gasteiger partial charge in [-0.15, -0.1) is 0 Å². The second-order valence-corrected chi connectivity index (χ2v) is 9.15. The summed E-state index contributed by atoms with van der Waals surface area (Å²) in [5, 5.41) is 0. The van der Waals surface area contributed by atoms with Gasteiger partial charge < -0.3 is 4.74 Å². The number of allylic oxidation sites excluding steroid dienone is 2. The van der Waals surface area contributed by atoms with E-state index in [1.165, 1.54) is 10.5 Å². The third-order valence-corrected chi connectivity index (χ3v) is 7.05. The van der Waals surface area contributed by atoms with Gasteiger partial charge in [0.15, 0.2) is 0 Å². The van der Waals surface area contributed by atoms with Crippen molar-refractivity contribution in [2.75, 3.05) is 4.90 Å². The molecule has 6 heteroatoms. The number of carbonyl (C=O) groups excluding carboxylic acids is 3. The first-order valence-corrected chi connectivity index (χ1v) is 10.8. The van der Waals surface area contributed by atoms with Crippen LogP contribution in [0.5, 0.6) is 0 Å². The van der Waals surface area contributed by atoms with E-state index in [0.29, 0.717) is 11.3 Å². The van der Waals surface area contributed by atoms with E-state index in [1.807, 2.05) is 24.3 Å². The predicted molar refractivity (Wildman–Crippen MR) is 115 cm³/mol. The highest BCUT2D eigenvalue weighted by Crippen LogP contribution is 2.55. The number of halogens is 1. The lowest BCUT2D eigenvalue weighted by atomic mass is 9.82. The van der Waals surface area contributed by atoms with E-state index >= 15 is 0 Å². The van der Waals surface area contributed by atoms with Crippen LogP contribution in [-0.4, -0.2) is 17.8 Å². The second kappa shape index (κ2) is 7.20. The van der Waals surface area contributed by atoms with Gasteiger partial charge in [-0.25, -0.2) is 4.79 Å². The Bertz CT molecular complexity index is 1070. The number of fused-ring (bicyclic) bond motifs is 5. The molecule has 0 spiro atoms. The van der Waals surface area contributed by atoms with Crippen molar-refractivity contribution >= 4 is 39.4 Å². The Balaban J connectivity index is 1.28. The van der Waals surface area contributed by atoms with Gasteiger partial charge in [0, 0.05) is 4.47 Å². The summed E-state index contributed by atoms with van der Waals surface area (Å²) in [5.74, 6) is -0.783. The normalized spacial score (nSPS) is 26.7. The maximum atomic E-state index is 13.0. The smallest absolute Gasteiger partial charge is 0.338 e. The maximum absolute atomic E-state index is 13.0. The molecule has 2 aromatic rings. The van der Waals surface area contributed by atoms with Crippen LogP contribution < -0.4 is 4.90 Å². The zero-order valence-corrected chi connectivity index (χ0v) is 18.0. The topological polar surface area (TPSA) is 63.7 Å². The number of ether oxygens (including phenoxy) is 1. The van der Waals surface area contributed by atoms with Gasteiger partial charge in [0.1, 0.15) is 6.61 Å². The van der Waals surface area contributed by atoms with Crippen LogP contribution in [0.15, 0.2) is 64.7 Å². The Morgan fingerprint density at radius 3 is 2.40 bits per heavy atom. The molecule has 5 nitrogen and oxygen atoms in total. The molecule has 2 aromatic carbocycles. The van der Waals surface area contributed by atoms with Crippen LogP contribution in [0.4, 0.5) is 5.69 Å². The van der Waals surface area contributed by atoms with Crippen molar-refractivity contribution in [1.82, 2.24) is 0 Å². The summed E-state index contributed by atoms with van der Waals surface area (Å²) < 4.78 is 6.32. The molecule has 1 saturated carbocycles. The van der Waals surface area contributed by atoms with Crippen LogP contribution in [0, 0.1) is 23.7 Å². The standard InChI is InChI=1S/C24H20BrNO4/c1-13-10-16-11-19(13)21-20(16)22(27)26(23(21)28)18-8-4-15(5-9-18)24(29)30-12-14-2-6-17(25)7-3-14/h2-10,16,19-21H,11-12H2,1H3/t16-,19+,20+,21+/m1/s1. The van der Waals surface area contributed by atoms with Gasteiger partial charge in [0.25, 0.3) is 0 Å². The largest absolute Gasteiger partial charge is 0.457 e. The number of amides is 2. The fourth-order valence-corrected chi connectivity index (χ4v) is 5.35. The van der Waals surface area contributed by atoms with Gasteiger partial charge in [-0.3, -0.25) is 14.5 Å². The number of esters is 1. The van der Waals surface area contributed by atoms with Crippen LogP contribution in [-0.2, 0) is 20.9 Å². The highest BCUT2D eigenvalue weighted by atomic mass is 79.9. The number of nitrogens with zero attached hydrogens (tertiary/aromatic N) is 1. The molecular weight excluding hydrogens is 446 g/mol. The van der Waals surface area contributed by atoms with Crippen molar-refractivity contribution < 1.29 is 19.1 Å². The Hall–Kier alpha value is -2.73. The average molecular weight is 466 g/mol. The summed E-state index contributed by atoms with van der Waals surface area (Å²) in [5.41, 5.74) is 3.02. The minimum atomic E-state index is -0.446. The third-order valence-electron chi connectivity index (χ3n) is 6.53. The molecule has 3 aliphatic rings. The molecule has 4 atom stereocenters. The van der Waals surface area contributed by atoms with Crippen LogP contribution in [0.2, 0.25) is 0 Å². The Kier molecular flexibility index (Phi) is 4.62.